The van der Waals surface area contributed by atoms with Crippen LogP contribution in [-0.2, 0) is 19.9 Å². The SMILES string of the molecule is CCCCCCCC[C@@H](OC(=O)[C@@](OC)(c1ccccc1)C(F)(F)F)C(F)(F)F. The quantitative estimate of drug-likeness (QED) is 0.235. The van der Waals surface area contributed by atoms with E-state index in [0.717, 1.165) is 31.4 Å². The van der Waals surface area contributed by atoms with E-state index in [1.165, 1.54) is 18.2 Å². The molecule has 0 aliphatic rings. The fourth-order valence-corrected chi connectivity index (χ4v) is 3.00. The molecule has 0 aliphatic carbocycles. The van der Waals surface area contributed by atoms with Gasteiger partial charge in [0.25, 0.3) is 5.60 Å². The van der Waals surface area contributed by atoms with Crippen LogP contribution in [0.25, 0.3) is 0 Å². The number of halogens is 6. The van der Waals surface area contributed by atoms with Gasteiger partial charge < -0.3 is 9.47 Å². The summed E-state index contributed by atoms with van der Waals surface area (Å²) in [4.78, 5) is 12.4. The molecule has 0 heterocycles. The Balaban J connectivity index is 3.02. The van der Waals surface area contributed by atoms with E-state index in [0.29, 0.717) is 20.0 Å². The van der Waals surface area contributed by atoms with E-state index in [-0.39, 0.29) is 6.42 Å². The third-order valence-corrected chi connectivity index (χ3v) is 4.61. The van der Waals surface area contributed by atoms with Crippen molar-refractivity contribution in [1.29, 1.82) is 0 Å². The van der Waals surface area contributed by atoms with E-state index >= 15 is 0 Å². The summed E-state index contributed by atoms with van der Waals surface area (Å²) in [6.07, 6.45) is -9.50. The second kappa shape index (κ2) is 10.8. The minimum atomic E-state index is -5.32. The molecule has 0 saturated heterocycles. The molecule has 0 unspecified atom stereocenters. The number of benzene rings is 1. The fourth-order valence-electron chi connectivity index (χ4n) is 3.00. The first kappa shape index (κ1) is 25.3. The molecule has 0 aromatic heterocycles. The normalized spacial score (nSPS) is 15.6. The lowest BCUT2D eigenvalue weighted by Crippen LogP contribution is -2.53. The van der Waals surface area contributed by atoms with Gasteiger partial charge in [-0.3, -0.25) is 0 Å². The van der Waals surface area contributed by atoms with Crippen molar-refractivity contribution in [2.75, 3.05) is 7.11 Å². The highest BCUT2D eigenvalue weighted by Crippen LogP contribution is 2.44. The van der Waals surface area contributed by atoms with Crippen LogP contribution in [0, 0.1) is 0 Å². The van der Waals surface area contributed by atoms with Crippen molar-refractivity contribution in [3.8, 4) is 0 Å². The van der Waals surface area contributed by atoms with E-state index in [2.05, 4.69) is 9.47 Å². The molecule has 0 aliphatic heterocycles. The van der Waals surface area contributed by atoms with Gasteiger partial charge in [0.2, 0.25) is 0 Å². The molecule has 2 atom stereocenters. The number of unbranched alkanes of at least 4 members (excludes halogenated alkanes) is 5. The van der Waals surface area contributed by atoms with Crippen LogP contribution in [0.3, 0.4) is 0 Å². The molecule has 0 N–H and O–H groups in total. The van der Waals surface area contributed by atoms with Crippen molar-refractivity contribution in [2.45, 2.75) is 75.9 Å². The third-order valence-electron chi connectivity index (χ3n) is 4.61. The summed E-state index contributed by atoms with van der Waals surface area (Å²) in [7, 11) is 0.609. The van der Waals surface area contributed by atoms with Gasteiger partial charge >= 0.3 is 18.3 Å². The zero-order chi connectivity index (χ0) is 22.1. The molecular weight excluding hydrogens is 402 g/mol. The van der Waals surface area contributed by atoms with E-state index in [4.69, 9.17) is 0 Å². The van der Waals surface area contributed by atoms with Crippen LogP contribution in [0.15, 0.2) is 30.3 Å². The Morgan fingerprint density at radius 2 is 1.48 bits per heavy atom. The summed E-state index contributed by atoms with van der Waals surface area (Å²) >= 11 is 0. The Labute approximate surface area is 166 Å². The third kappa shape index (κ3) is 6.62. The minimum Gasteiger partial charge on any atom is -0.450 e. The molecule has 3 nitrogen and oxygen atoms in total. The van der Waals surface area contributed by atoms with E-state index in [1.807, 2.05) is 6.92 Å². The van der Waals surface area contributed by atoms with Crippen molar-refractivity contribution in [1.82, 2.24) is 0 Å². The van der Waals surface area contributed by atoms with Crippen LogP contribution < -0.4 is 0 Å². The van der Waals surface area contributed by atoms with Crippen molar-refractivity contribution in [3.05, 3.63) is 35.9 Å². The van der Waals surface area contributed by atoms with Gasteiger partial charge in [-0.1, -0.05) is 69.4 Å². The van der Waals surface area contributed by atoms with Gasteiger partial charge in [-0.15, -0.1) is 0 Å². The van der Waals surface area contributed by atoms with Crippen molar-refractivity contribution < 1.29 is 40.6 Å². The lowest BCUT2D eigenvalue weighted by Gasteiger charge is -2.34. The smallest absolute Gasteiger partial charge is 0.432 e. The average Bonchev–Trinajstić information content (AvgIpc) is 2.63. The van der Waals surface area contributed by atoms with Gasteiger partial charge in [0.15, 0.2) is 6.10 Å². The van der Waals surface area contributed by atoms with Crippen LogP contribution in [0.2, 0.25) is 0 Å². The highest BCUT2D eigenvalue weighted by Gasteiger charge is 2.65. The maximum atomic E-state index is 13.8. The molecule has 1 aromatic carbocycles. The van der Waals surface area contributed by atoms with Crippen LogP contribution in [-0.4, -0.2) is 31.5 Å². The van der Waals surface area contributed by atoms with Gasteiger partial charge in [0.05, 0.1) is 0 Å². The summed E-state index contributed by atoms with van der Waals surface area (Å²) in [6.45, 7) is 1.99. The molecule has 0 saturated carbocycles. The molecule has 0 radical (unpaired) electrons. The molecular formula is C20H26F6O3. The second-order valence-corrected chi connectivity index (χ2v) is 6.74. The van der Waals surface area contributed by atoms with Crippen LogP contribution >= 0.6 is 0 Å². The molecule has 0 spiro atoms. The topological polar surface area (TPSA) is 35.5 Å². The molecule has 1 rings (SSSR count). The predicted molar refractivity (Wildman–Crippen MR) is 95.1 cm³/mol. The maximum Gasteiger partial charge on any atom is 0.432 e. The predicted octanol–water partition coefficient (Wildman–Crippen LogP) is 6.32. The lowest BCUT2D eigenvalue weighted by atomic mass is 9.92. The molecule has 0 amide bonds. The number of rotatable bonds is 11. The molecule has 166 valence electrons. The highest BCUT2D eigenvalue weighted by atomic mass is 19.4. The maximum absolute atomic E-state index is 13.8. The Bertz CT molecular complexity index is 615. The summed E-state index contributed by atoms with van der Waals surface area (Å²) in [5.41, 5.74) is -4.29. The van der Waals surface area contributed by atoms with Crippen molar-refractivity contribution in [3.63, 3.8) is 0 Å². The van der Waals surface area contributed by atoms with E-state index in [9.17, 15) is 31.1 Å². The number of hydrogen-bond donors (Lipinski definition) is 0. The summed E-state index contributed by atoms with van der Waals surface area (Å²) in [5.74, 6) is -2.13. The van der Waals surface area contributed by atoms with Gasteiger partial charge in [-0.2, -0.15) is 26.3 Å². The Morgan fingerprint density at radius 3 is 1.97 bits per heavy atom. The summed E-state index contributed by atoms with van der Waals surface area (Å²) < 4.78 is 90.1. The number of hydrogen-bond acceptors (Lipinski definition) is 3. The lowest BCUT2D eigenvalue weighted by molar-refractivity contribution is -0.288. The van der Waals surface area contributed by atoms with Gasteiger partial charge in [0, 0.05) is 12.7 Å². The monoisotopic (exact) mass is 428 g/mol. The van der Waals surface area contributed by atoms with Gasteiger partial charge in [-0.05, 0) is 12.8 Å². The number of alkyl halides is 6. The van der Waals surface area contributed by atoms with E-state index in [1.54, 1.807) is 0 Å². The Kier molecular flexibility index (Phi) is 9.45. The molecule has 29 heavy (non-hydrogen) atoms. The summed E-state index contributed by atoms with van der Waals surface area (Å²) in [6, 6.07) is 5.76. The minimum absolute atomic E-state index is 0.0819. The number of methoxy groups -OCH3 is 1. The number of esters is 1. The van der Waals surface area contributed by atoms with Gasteiger partial charge in [-0.25, -0.2) is 4.79 Å². The van der Waals surface area contributed by atoms with Crippen molar-refractivity contribution in [2.24, 2.45) is 0 Å². The molecule has 9 heteroatoms. The second-order valence-electron chi connectivity index (χ2n) is 6.74. The first-order valence-corrected chi connectivity index (χ1v) is 9.45. The Morgan fingerprint density at radius 1 is 0.931 bits per heavy atom. The molecule has 0 bridgehead atoms. The van der Waals surface area contributed by atoms with Crippen LogP contribution in [0.5, 0.6) is 0 Å². The zero-order valence-electron chi connectivity index (χ0n) is 16.4. The van der Waals surface area contributed by atoms with Crippen LogP contribution in [0.4, 0.5) is 26.3 Å². The van der Waals surface area contributed by atoms with Gasteiger partial charge in [0.1, 0.15) is 0 Å². The molecule has 1 aromatic rings. The highest BCUT2D eigenvalue weighted by molar-refractivity contribution is 5.82. The number of carbonyl (C=O) groups excluding carboxylic acids is 1. The zero-order valence-corrected chi connectivity index (χ0v) is 16.4. The van der Waals surface area contributed by atoms with E-state index < -0.39 is 42.0 Å². The fraction of sp³-hybridized carbons (Fsp3) is 0.650. The van der Waals surface area contributed by atoms with Crippen LogP contribution in [0.1, 0.15) is 57.4 Å². The largest absolute Gasteiger partial charge is 0.450 e. The summed E-state index contributed by atoms with van der Waals surface area (Å²) in [5, 5.41) is 0. The first-order valence-electron chi connectivity index (χ1n) is 9.45. The Hall–Kier alpha value is -1.77. The molecule has 0 fully saturated rings. The average molecular weight is 428 g/mol. The van der Waals surface area contributed by atoms with Crippen molar-refractivity contribution >= 4 is 5.97 Å². The number of carbonyl (C=O) groups is 1. The number of ether oxygens (including phenoxy) is 2. The first-order chi connectivity index (χ1) is 13.5. The standard InChI is InChI=1S/C20H26F6O3/c1-3-4-5-6-7-11-14-16(19(21,22)23)29-17(27)18(28-2,20(24,25)26)15-12-9-8-10-13-15/h8-10,12-13,16H,3-7,11,14H2,1-2H3/t16-,18+/m1/s1.